The molecule has 1 aliphatic carbocycles. The summed E-state index contributed by atoms with van der Waals surface area (Å²) in [6.45, 7) is 6.80. The highest BCUT2D eigenvalue weighted by Crippen LogP contribution is 2.37. The van der Waals surface area contributed by atoms with E-state index < -0.39 is 0 Å². The lowest BCUT2D eigenvalue weighted by Crippen LogP contribution is -2.46. The third-order valence-electron chi connectivity index (χ3n) is 3.55. The van der Waals surface area contributed by atoms with Gasteiger partial charge in [-0.1, -0.05) is 33.6 Å². The Kier molecular flexibility index (Phi) is 5.10. The highest BCUT2D eigenvalue weighted by Gasteiger charge is 2.34. The summed E-state index contributed by atoms with van der Waals surface area (Å²) in [5.41, 5.74) is 0.277. The zero-order valence-electron chi connectivity index (χ0n) is 10.7. The summed E-state index contributed by atoms with van der Waals surface area (Å²) in [6, 6.07) is 0.351. The van der Waals surface area contributed by atoms with Crippen molar-refractivity contribution < 1.29 is 4.79 Å². The molecule has 1 aliphatic rings. The van der Waals surface area contributed by atoms with Gasteiger partial charge in [0.05, 0.1) is 0 Å². The minimum atomic E-state index is 0.108. The van der Waals surface area contributed by atoms with E-state index in [1.54, 1.807) is 0 Å². The predicted molar refractivity (Wildman–Crippen MR) is 68.7 cm³/mol. The van der Waals surface area contributed by atoms with Gasteiger partial charge in [-0.3, -0.25) is 4.79 Å². The summed E-state index contributed by atoms with van der Waals surface area (Å²) in [6.07, 6.45) is 5.32. The van der Waals surface area contributed by atoms with Crippen molar-refractivity contribution in [3.8, 4) is 0 Å². The first kappa shape index (κ1) is 13.8. The zero-order chi connectivity index (χ0) is 12.2. The molecule has 2 atom stereocenters. The second-order valence-electron chi connectivity index (χ2n) is 5.87. The average molecular weight is 246 g/mol. The number of hydrogen-bond acceptors (Lipinski definition) is 1. The average Bonchev–Trinajstić information content (AvgIpc) is 2.17. The molecule has 2 unspecified atom stereocenters. The molecule has 0 aliphatic heterocycles. The van der Waals surface area contributed by atoms with Crippen LogP contribution in [0, 0.1) is 11.3 Å². The van der Waals surface area contributed by atoms with Crippen molar-refractivity contribution in [2.45, 2.75) is 58.9 Å². The van der Waals surface area contributed by atoms with Crippen LogP contribution in [0.1, 0.15) is 52.9 Å². The first-order chi connectivity index (χ1) is 7.45. The Morgan fingerprint density at radius 2 is 1.94 bits per heavy atom. The highest BCUT2D eigenvalue weighted by molar-refractivity contribution is 6.18. The van der Waals surface area contributed by atoms with Crippen LogP contribution in [-0.2, 0) is 4.79 Å². The van der Waals surface area contributed by atoms with E-state index >= 15 is 0 Å². The Bertz CT molecular complexity index is 235. The Labute approximate surface area is 104 Å². The molecule has 0 heterocycles. The van der Waals surface area contributed by atoms with Gasteiger partial charge in [0.2, 0.25) is 5.91 Å². The van der Waals surface area contributed by atoms with Crippen molar-refractivity contribution in [3.63, 3.8) is 0 Å². The van der Waals surface area contributed by atoms with Crippen LogP contribution in [0.2, 0.25) is 0 Å². The van der Waals surface area contributed by atoms with E-state index in [2.05, 4.69) is 26.1 Å². The number of rotatable bonds is 3. The Hall–Kier alpha value is -0.240. The number of alkyl halides is 1. The number of nitrogens with one attached hydrogen (secondary N) is 1. The molecule has 3 heteroatoms. The summed E-state index contributed by atoms with van der Waals surface area (Å²) in [4.78, 5) is 11.6. The molecule has 94 valence electrons. The molecule has 0 aromatic carbocycles. The number of carbonyl (C=O) groups excluding carboxylic acids is 1. The van der Waals surface area contributed by atoms with Gasteiger partial charge in [0.15, 0.2) is 0 Å². The van der Waals surface area contributed by atoms with Crippen molar-refractivity contribution in [3.05, 3.63) is 0 Å². The lowest BCUT2D eigenvalue weighted by Gasteiger charge is -2.40. The molecule has 0 aromatic rings. The largest absolute Gasteiger partial charge is 0.353 e. The number of carbonyl (C=O) groups is 1. The molecule has 0 saturated heterocycles. The monoisotopic (exact) mass is 245 g/mol. The maximum atomic E-state index is 11.6. The summed E-state index contributed by atoms with van der Waals surface area (Å²) < 4.78 is 0. The van der Waals surface area contributed by atoms with Crippen LogP contribution < -0.4 is 5.32 Å². The fourth-order valence-electron chi connectivity index (χ4n) is 2.70. The van der Waals surface area contributed by atoms with E-state index in [1.807, 2.05) is 0 Å². The maximum absolute atomic E-state index is 11.6. The highest BCUT2D eigenvalue weighted by atomic mass is 35.5. The third-order valence-corrected chi connectivity index (χ3v) is 3.74. The third kappa shape index (κ3) is 3.97. The first-order valence-electron chi connectivity index (χ1n) is 6.30. The van der Waals surface area contributed by atoms with E-state index in [9.17, 15) is 4.79 Å². The van der Waals surface area contributed by atoms with Gasteiger partial charge in [0.1, 0.15) is 0 Å². The smallest absolute Gasteiger partial charge is 0.221 e. The fourth-order valence-corrected chi connectivity index (χ4v) is 2.88. The van der Waals surface area contributed by atoms with Crippen LogP contribution >= 0.6 is 11.6 Å². The molecule has 1 saturated carbocycles. The molecule has 0 spiro atoms. The molecule has 0 aromatic heterocycles. The van der Waals surface area contributed by atoms with Crippen molar-refractivity contribution in [1.29, 1.82) is 0 Å². The van der Waals surface area contributed by atoms with E-state index in [0.29, 0.717) is 24.3 Å². The van der Waals surface area contributed by atoms with Crippen molar-refractivity contribution >= 4 is 17.5 Å². The molecule has 1 fully saturated rings. The summed E-state index contributed by atoms with van der Waals surface area (Å²) >= 11 is 5.58. The van der Waals surface area contributed by atoms with Gasteiger partial charge in [-0.05, 0) is 24.2 Å². The maximum Gasteiger partial charge on any atom is 0.221 e. The van der Waals surface area contributed by atoms with Gasteiger partial charge in [0, 0.05) is 18.3 Å². The van der Waals surface area contributed by atoms with Crippen LogP contribution in [0.4, 0.5) is 0 Å². The molecule has 1 N–H and O–H groups in total. The van der Waals surface area contributed by atoms with E-state index in [4.69, 9.17) is 11.6 Å². The molecular weight excluding hydrogens is 222 g/mol. The Morgan fingerprint density at radius 3 is 2.50 bits per heavy atom. The van der Waals surface area contributed by atoms with Crippen molar-refractivity contribution in [2.75, 3.05) is 5.88 Å². The van der Waals surface area contributed by atoms with E-state index in [0.717, 1.165) is 6.42 Å². The lowest BCUT2D eigenvalue weighted by molar-refractivity contribution is -0.122. The quantitative estimate of drug-likeness (QED) is 0.760. The minimum absolute atomic E-state index is 0.108. The van der Waals surface area contributed by atoms with Gasteiger partial charge < -0.3 is 5.32 Å². The van der Waals surface area contributed by atoms with Crippen LogP contribution in [-0.4, -0.2) is 17.8 Å². The van der Waals surface area contributed by atoms with Gasteiger partial charge in [-0.25, -0.2) is 0 Å². The molecule has 1 amide bonds. The normalized spacial score (nSPS) is 26.5. The van der Waals surface area contributed by atoms with Crippen LogP contribution in [0.25, 0.3) is 0 Å². The number of amides is 1. The zero-order valence-corrected chi connectivity index (χ0v) is 11.4. The van der Waals surface area contributed by atoms with E-state index in [1.165, 1.54) is 19.3 Å². The summed E-state index contributed by atoms with van der Waals surface area (Å²) in [5.74, 6) is 1.12. The number of halogens is 1. The van der Waals surface area contributed by atoms with Gasteiger partial charge in [0.25, 0.3) is 0 Å². The Balaban J connectivity index is 2.57. The second kappa shape index (κ2) is 5.90. The van der Waals surface area contributed by atoms with E-state index in [-0.39, 0.29) is 11.3 Å². The molecule has 0 radical (unpaired) electrons. The van der Waals surface area contributed by atoms with Crippen molar-refractivity contribution in [2.24, 2.45) is 11.3 Å². The fraction of sp³-hybridized carbons (Fsp3) is 0.923. The summed E-state index contributed by atoms with van der Waals surface area (Å²) in [5, 5.41) is 3.15. The van der Waals surface area contributed by atoms with Gasteiger partial charge >= 0.3 is 0 Å². The Morgan fingerprint density at radius 1 is 1.31 bits per heavy atom. The van der Waals surface area contributed by atoms with Crippen LogP contribution in [0.3, 0.4) is 0 Å². The molecule has 16 heavy (non-hydrogen) atoms. The predicted octanol–water partition coefficient (Wildman–Crippen LogP) is 3.34. The molecule has 1 rings (SSSR count). The summed E-state index contributed by atoms with van der Waals surface area (Å²) in [7, 11) is 0. The molecule has 0 bridgehead atoms. The minimum Gasteiger partial charge on any atom is -0.353 e. The van der Waals surface area contributed by atoms with Gasteiger partial charge in [-0.15, -0.1) is 11.6 Å². The lowest BCUT2D eigenvalue weighted by atomic mass is 9.69. The van der Waals surface area contributed by atoms with Crippen LogP contribution in [0.15, 0.2) is 0 Å². The molecule has 2 nitrogen and oxygen atoms in total. The van der Waals surface area contributed by atoms with Crippen molar-refractivity contribution in [1.82, 2.24) is 5.32 Å². The molecular formula is C13H24ClNO. The SMILES string of the molecule is CC(C)(C)C1CCCCC1NC(=O)CCCl. The number of hydrogen-bond donors (Lipinski definition) is 1. The second-order valence-corrected chi connectivity index (χ2v) is 6.25. The topological polar surface area (TPSA) is 29.1 Å². The first-order valence-corrected chi connectivity index (χ1v) is 6.84. The standard InChI is InChI=1S/C13H24ClNO/c1-13(2,3)10-6-4-5-7-11(10)15-12(16)8-9-14/h10-11H,4-9H2,1-3H3,(H,15,16). The van der Waals surface area contributed by atoms with Gasteiger partial charge in [-0.2, -0.15) is 0 Å². The van der Waals surface area contributed by atoms with Crippen LogP contribution in [0.5, 0.6) is 0 Å².